The van der Waals surface area contributed by atoms with Gasteiger partial charge in [0.15, 0.2) is 23.0 Å². The van der Waals surface area contributed by atoms with Crippen LogP contribution >= 0.6 is 0 Å². The molecule has 0 aliphatic carbocycles. The Balaban J connectivity index is 2.03. The highest BCUT2D eigenvalue weighted by Gasteiger charge is 2.32. The van der Waals surface area contributed by atoms with Crippen molar-refractivity contribution in [3.8, 4) is 23.0 Å². The predicted octanol–water partition coefficient (Wildman–Crippen LogP) is 0.898. The zero-order chi connectivity index (χ0) is 21.4. The number of aliphatic hydroxyl groups excluding tert-OH is 2. The molecule has 3 heterocycles. The fourth-order valence-corrected chi connectivity index (χ4v) is 3.17. The summed E-state index contributed by atoms with van der Waals surface area (Å²) in [4.78, 5) is 24.4. The van der Waals surface area contributed by atoms with E-state index in [1.165, 1.54) is 12.1 Å². The Bertz CT molecular complexity index is 1160. The lowest BCUT2D eigenvalue weighted by Crippen LogP contribution is -2.14. The number of benzene rings is 1. The molecule has 0 atom stereocenters. The van der Waals surface area contributed by atoms with Crippen LogP contribution in [0.15, 0.2) is 48.8 Å². The topological polar surface area (TPSA) is 160 Å². The molecule has 10 heteroatoms. The van der Waals surface area contributed by atoms with Crippen LogP contribution in [0.1, 0.15) is 34.5 Å². The maximum absolute atomic E-state index is 12.2. The fourth-order valence-electron chi connectivity index (χ4n) is 3.17. The molecule has 1 aromatic carbocycles. The molecule has 30 heavy (non-hydrogen) atoms. The van der Waals surface area contributed by atoms with Crippen molar-refractivity contribution in [2.45, 2.75) is 19.1 Å². The van der Waals surface area contributed by atoms with E-state index in [0.717, 1.165) is 12.1 Å². The number of aliphatic hydroxyl groups is 2. The van der Waals surface area contributed by atoms with Gasteiger partial charge in [-0.05, 0) is 17.7 Å². The Morgan fingerprint density at radius 1 is 0.800 bits per heavy atom. The highest BCUT2D eigenvalue weighted by molar-refractivity contribution is 5.51. The van der Waals surface area contributed by atoms with Crippen molar-refractivity contribution in [3.63, 3.8) is 0 Å². The summed E-state index contributed by atoms with van der Waals surface area (Å²) in [7, 11) is 0. The SMILES string of the molecule is O=c1cc(CO)oc(C(c2ccc3c(c2)OCO3)c2oc(CO)cc(=O)c2O)c1O. The van der Waals surface area contributed by atoms with Gasteiger partial charge in [-0.25, -0.2) is 0 Å². The summed E-state index contributed by atoms with van der Waals surface area (Å²) in [6.45, 7) is -1.28. The van der Waals surface area contributed by atoms with Gasteiger partial charge in [-0.15, -0.1) is 0 Å². The number of hydrogen-bond donors (Lipinski definition) is 4. The lowest BCUT2D eigenvalue weighted by molar-refractivity contribution is 0.174. The molecule has 1 aliphatic heterocycles. The van der Waals surface area contributed by atoms with Crippen molar-refractivity contribution >= 4 is 0 Å². The van der Waals surface area contributed by atoms with E-state index >= 15 is 0 Å². The van der Waals surface area contributed by atoms with Crippen LogP contribution in [0.2, 0.25) is 0 Å². The Labute approximate surface area is 167 Å². The van der Waals surface area contributed by atoms with Crippen LogP contribution in [-0.2, 0) is 13.2 Å². The van der Waals surface area contributed by atoms with Crippen molar-refractivity contribution in [1.82, 2.24) is 0 Å². The lowest BCUT2D eigenvalue weighted by atomic mass is 9.91. The van der Waals surface area contributed by atoms with Gasteiger partial charge in [0.2, 0.25) is 29.1 Å². The molecule has 0 amide bonds. The predicted molar refractivity (Wildman–Crippen MR) is 98.6 cm³/mol. The zero-order valence-electron chi connectivity index (χ0n) is 15.3. The second kappa shape index (κ2) is 7.58. The molecule has 0 fully saturated rings. The van der Waals surface area contributed by atoms with Crippen molar-refractivity contribution in [1.29, 1.82) is 0 Å². The van der Waals surface area contributed by atoms with Crippen LogP contribution in [-0.4, -0.2) is 27.2 Å². The molecule has 3 aromatic rings. The molecule has 10 nitrogen and oxygen atoms in total. The van der Waals surface area contributed by atoms with Crippen LogP contribution in [0.3, 0.4) is 0 Å². The molecular formula is C20H16O10. The minimum Gasteiger partial charge on any atom is -0.502 e. The Hall–Kier alpha value is -3.76. The molecule has 0 unspecified atom stereocenters. The summed E-state index contributed by atoms with van der Waals surface area (Å²) in [6, 6.07) is 6.42. The third-order valence-corrected chi connectivity index (χ3v) is 4.57. The smallest absolute Gasteiger partial charge is 0.231 e. The molecule has 0 spiro atoms. The van der Waals surface area contributed by atoms with E-state index in [4.69, 9.17) is 18.3 Å². The van der Waals surface area contributed by atoms with Gasteiger partial charge in [-0.3, -0.25) is 9.59 Å². The number of fused-ring (bicyclic) bond motifs is 1. The number of ether oxygens (including phenoxy) is 2. The van der Waals surface area contributed by atoms with E-state index in [9.17, 15) is 30.0 Å². The van der Waals surface area contributed by atoms with E-state index in [0.29, 0.717) is 17.1 Å². The molecular weight excluding hydrogens is 400 g/mol. The van der Waals surface area contributed by atoms with Gasteiger partial charge in [0.25, 0.3) is 0 Å². The highest BCUT2D eigenvalue weighted by atomic mass is 16.7. The van der Waals surface area contributed by atoms with Gasteiger partial charge in [0, 0.05) is 12.1 Å². The molecule has 0 bridgehead atoms. The van der Waals surface area contributed by atoms with Crippen LogP contribution in [0.25, 0.3) is 0 Å². The van der Waals surface area contributed by atoms with Gasteiger partial charge in [-0.1, -0.05) is 6.07 Å². The first-order chi connectivity index (χ1) is 14.4. The molecule has 4 rings (SSSR count). The van der Waals surface area contributed by atoms with Crippen LogP contribution in [0.4, 0.5) is 0 Å². The summed E-state index contributed by atoms with van der Waals surface area (Å²) < 4.78 is 21.6. The third-order valence-electron chi connectivity index (χ3n) is 4.57. The van der Waals surface area contributed by atoms with Gasteiger partial charge >= 0.3 is 0 Å². The largest absolute Gasteiger partial charge is 0.502 e. The molecule has 4 N–H and O–H groups in total. The third kappa shape index (κ3) is 3.27. The average molecular weight is 416 g/mol. The molecule has 2 aromatic heterocycles. The highest BCUT2D eigenvalue weighted by Crippen LogP contribution is 2.42. The fraction of sp³-hybridized carbons (Fsp3) is 0.200. The number of aromatic hydroxyl groups is 2. The standard InChI is InChI=1S/C20H16O10/c21-6-10-4-12(23)17(25)19(29-10)16(9-1-2-14-15(3-9)28-8-27-14)20-18(26)13(24)5-11(7-22)30-20/h1-5,16,21-22,25-26H,6-8H2. The number of hydrogen-bond acceptors (Lipinski definition) is 10. The van der Waals surface area contributed by atoms with Crippen LogP contribution in [0.5, 0.6) is 23.0 Å². The Kier molecular flexibility index (Phi) is 4.94. The second-order valence-corrected chi connectivity index (χ2v) is 6.44. The molecule has 1 aliphatic rings. The van der Waals surface area contributed by atoms with E-state index in [-0.39, 0.29) is 29.8 Å². The van der Waals surface area contributed by atoms with Gasteiger partial charge in [0.05, 0.1) is 0 Å². The summed E-state index contributed by atoms with van der Waals surface area (Å²) in [6.07, 6.45) is 0. The van der Waals surface area contributed by atoms with Crippen molar-refractivity contribution < 1.29 is 38.7 Å². The van der Waals surface area contributed by atoms with Crippen LogP contribution < -0.4 is 20.3 Å². The van der Waals surface area contributed by atoms with Crippen molar-refractivity contribution in [3.05, 3.63) is 79.4 Å². The van der Waals surface area contributed by atoms with E-state index in [1.807, 2.05) is 0 Å². The van der Waals surface area contributed by atoms with E-state index < -0.39 is 41.5 Å². The maximum Gasteiger partial charge on any atom is 0.231 e. The monoisotopic (exact) mass is 416 g/mol. The Morgan fingerprint density at radius 3 is 1.87 bits per heavy atom. The average Bonchev–Trinajstić information content (AvgIpc) is 3.21. The van der Waals surface area contributed by atoms with Crippen LogP contribution in [0, 0.1) is 0 Å². The molecule has 0 radical (unpaired) electrons. The first-order valence-corrected chi connectivity index (χ1v) is 8.76. The minimum absolute atomic E-state index is 0.00981. The molecule has 0 saturated carbocycles. The van der Waals surface area contributed by atoms with Crippen molar-refractivity contribution in [2.24, 2.45) is 0 Å². The molecule has 0 saturated heterocycles. The summed E-state index contributed by atoms with van der Waals surface area (Å²) in [5, 5.41) is 39.6. The van der Waals surface area contributed by atoms with Crippen molar-refractivity contribution in [2.75, 3.05) is 6.79 Å². The lowest BCUT2D eigenvalue weighted by Gasteiger charge is -2.19. The minimum atomic E-state index is -1.29. The maximum atomic E-state index is 12.2. The number of rotatable bonds is 5. The van der Waals surface area contributed by atoms with Gasteiger partial charge < -0.3 is 38.7 Å². The van der Waals surface area contributed by atoms with E-state index in [2.05, 4.69) is 0 Å². The second-order valence-electron chi connectivity index (χ2n) is 6.44. The first-order valence-electron chi connectivity index (χ1n) is 8.76. The van der Waals surface area contributed by atoms with Gasteiger partial charge in [-0.2, -0.15) is 0 Å². The summed E-state index contributed by atoms with van der Waals surface area (Å²) in [5.41, 5.74) is -1.38. The van der Waals surface area contributed by atoms with Gasteiger partial charge in [0.1, 0.15) is 30.7 Å². The normalized spacial score (nSPS) is 12.5. The molecule has 156 valence electrons. The summed E-state index contributed by atoms with van der Waals surface area (Å²) in [5.74, 6) is -3.16. The summed E-state index contributed by atoms with van der Waals surface area (Å²) >= 11 is 0. The zero-order valence-corrected chi connectivity index (χ0v) is 15.3. The quantitative estimate of drug-likeness (QED) is 0.470. The van der Waals surface area contributed by atoms with E-state index in [1.54, 1.807) is 6.07 Å². The first kappa shape index (κ1) is 19.6. The Morgan fingerprint density at radius 2 is 1.33 bits per heavy atom.